The van der Waals surface area contributed by atoms with Crippen LogP contribution >= 0.6 is 0 Å². The highest BCUT2D eigenvalue weighted by molar-refractivity contribution is 5.96. The first kappa shape index (κ1) is 24.6. The van der Waals surface area contributed by atoms with E-state index in [1.54, 1.807) is 6.08 Å². The Morgan fingerprint density at radius 3 is 2.42 bits per heavy atom. The average Bonchev–Trinajstić information content (AvgIpc) is 3.05. The number of ether oxygens (including phenoxy) is 4. The van der Waals surface area contributed by atoms with E-state index < -0.39 is 23.3 Å². The normalized spacial score (nSPS) is 32.5. The summed E-state index contributed by atoms with van der Waals surface area (Å²) in [5.74, 6) is -3.16. The molecule has 0 aromatic heterocycles. The molecule has 0 spiro atoms. The molecule has 0 radical (unpaired) electrons. The molecule has 0 unspecified atom stereocenters. The number of hydrogen-bond acceptors (Lipinski definition) is 8. The summed E-state index contributed by atoms with van der Waals surface area (Å²) >= 11 is 0. The van der Waals surface area contributed by atoms with Crippen LogP contribution in [0.1, 0.15) is 39.5 Å². The van der Waals surface area contributed by atoms with E-state index in [1.165, 1.54) is 40.4 Å². The zero-order chi connectivity index (χ0) is 23.4. The van der Waals surface area contributed by atoms with E-state index in [-0.39, 0.29) is 47.9 Å². The lowest BCUT2D eigenvalue weighted by molar-refractivity contribution is -0.178. The second kappa shape index (κ2) is 9.62. The van der Waals surface area contributed by atoms with Crippen molar-refractivity contribution in [3.05, 3.63) is 47.3 Å². The first-order valence-electron chi connectivity index (χ1n) is 9.91. The van der Waals surface area contributed by atoms with Crippen molar-refractivity contribution in [1.82, 2.24) is 0 Å². The Bertz CT molecular complexity index is 861. The van der Waals surface area contributed by atoms with Gasteiger partial charge in [0.25, 0.3) is 0 Å². The van der Waals surface area contributed by atoms with Gasteiger partial charge in [0.05, 0.1) is 19.8 Å². The number of allylic oxidation sites excluding steroid dienone is 3. The molecule has 2 heterocycles. The van der Waals surface area contributed by atoms with E-state index in [1.807, 2.05) is 6.92 Å². The molecule has 0 fully saturated rings. The lowest BCUT2D eigenvalue weighted by atomic mass is 9.86. The number of esters is 2. The molecule has 1 N–H and O–H groups in total. The molecule has 8 nitrogen and oxygen atoms in total. The molecule has 0 aliphatic carbocycles. The summed E-state index contributed by atoms with van der Waals surface area (Å²) in [7, 11) is 3.90. The molecule has 2 bridgehead atoms. The van der Waals surface area contributed by atoms with Crippen LogP contribution in [0.4, 0.5) is 0 Å². The van der Waals surface area contributed by atoms with Gasteiger partial charge in [0, 0.05) is 31.9 Å². The highest BCUT2D eigenvalue weighted by atomic mass is 16.7. The largest absolute Gasteiger partial charge is 0.466 e. The van der Waals surface area contributed by atoms with E-state index in [9.17, 15) is 19.5 Å². The van der Waals surface area contributed by atoms with Crippen LogP contribution in [0.5, 0.6) is 0 Å². The summed E-state index contributed by atoms with van der Waals surface area (Å²) in [6.45, 7) is 7.28. The van der Waals surface area contributed by atoms with Crippen LogP contribution in [-0.4, -0.2) is 55.5 Å². The maximum absolute atomic E-state index is 12.6. The van der Waals surface area contributed by atoms with Crippen molar-refractivity contribution >= 4 is 17.7 Å². The van der Waals surface area contributed by atoms with Gasteiger partial charge in [-0.2, -0.15) is 0 Å². The minimum atomic E-state index is -1.59. The molecule has 3 atom stereocenters. The predicted octanol–water partition coefficient (Wildman–Crippen LogP) is 2.53. The molecular weight excluding hydrogens is 404 g/mol. The molecular formula is C23H30O8. The molecule has 170 valence electrons. The predicted molar refractivity (Wildman–Crippen MR) is 112 cm³/mol. The summed E-state index contributed by atoms with van der Waals surface area (Å²) in [5, 5.41) is 10.8. The van der Waals surface area contributed by atoms with Crippen molar-refractivity contribution in [3.8, 4) is 0 Å². The fraction of sp³-hybridized carbons (Fsp3) is 0.522. The van der Waals surface area contributed by atoms with Gasteiger partial charge >= 0.3 is 11.9 Å². The Balaban J connectivity index is 2.63. The van der Waals surface area contributed by atoms with E-state index in [2.05, 4.69) is 6.58 Å². The zero-order valence-electron chi connectivity index (χ0n) is 18.6. The lowest BCUT2D eigenvalue weighted by Gasteiger charge is -2.33. The number of ketones is 1. The summed E-state index contributed by atoms with van der Waals surface area (Å²) in [6, 6.07) is 0. The van der Waals surface area contributed by atoms with Crippen molar-refractivity contribution in [2.24, 2.45) is 5.92 Å². The standard InChI is InChI=1S/C23H30O8/c1-14(2)16-8-7-15(20(25)28-4)9-17(24)12-22(3,27)13-18-10-19(21(26)29-5)23(11-16,30-6)31-18/h7,10,13,16,27H,1,8-9,11-12H2,2-6H3/b15-7+,18-13+/t16-,22-,23-/m0/s1. The maximum atomic E-state index is 12.6. The Hall–Kier alpha value is -2.71. The average molecular weight is 434 g/mol. The van der Waals surface area contributed by atoms with Crippen LogP contribution in [0, 0.1) is 5.92 Å². The van der Waals surface area contributed by atoms with Crippen LogP contribution in [0.3, 0.4) is 0 Å². The minimum Gasteiger partial charge on any atom is -0.466 e. The van der Waals surface area contributed by atoms with E-state index in [4.69, 9.17) is 18.9 Å². The van der Waals surface area contributed by atoms with Crippen molar-refractivity contribution in [2.45, 2.75) is 50.9 Å². The lowest BCUT2D eigenvalue weighted by Crippen LogP contribution is -2.39. The quantitative estimate of drug-likeness (QED) is 0.531. The van der Waals surface area contributed by atoms with Gasteiger partial charge in [-0.15, -0.1) is 0 Å². The summed E-state index contributed by atoms with van der Waals surface area (Å²) in [5.41, 5.74) is -0.485. The first-order valence-corrected chi connectivity index (χ1v) is 9.91. The van der Waals surface area contributed by atoms with Gasteiger partial charge in [0.2, 0.25) is 5.79 Å². The van der Waals surface area contributed by atoms with Crippen LogP contribution in [0.15, 0.2) is 47.3 Å². The molecule has 31 heavy (non-hydrogen) atoms. The molecule has 0 saturated carbocycles. The fourth-order valence-corrected chi connectivity index (χ4v) is 3.77. The number of Topliss-reactive ketones (excluding diaryl/α,β-unsaturated/α-hetero) is 1. The van der Waals surface area contributed by atoms with Gasteiger partial charge in [-0.3, -0.25) is 4.79 Å². The molecule has 2 aliphatic heterocycles. The van der Waals surface area contributed by atoms with Gasteiger partial charge < -0.3 is 24.1 Å². The molecule has 8 heteroatoms. The summed E-state index contributed by atoms with van der Waals surface area (Å²) in [4.78, 5) is 37.3. The van der Waals surface area contributed by atoms with Crippen molar-refractivity contribution in [2.75, 3.05) is 21.3 Å². The monoisotopic (exact) mass is 434 g/mol. The van der Waals surface area contributed by atoms with Crippen LogP contribution < -0.4 is 0 Å². The highest BCUT2D eigenvalue weighted by Gasteiger charge is 2.48. The Morgan fingerprint density at radius 1 is 1.23 bits per heavy atom. The number of hydrogen-bond donors (Lipinski definition) is 1. The molecule has 0 aromatic rings. The fourth-order valence-electron chi connectivity index (χ4n) is 3.77. The Kier molecular flexibility index (Phi) is 7.62. The third kappa shape index (κ3) is 5.71. The van der Waals surface area contributed by atoms with Crippen molar-refractivity contribution < 1.29 is 38.4 Å². The third-order valence-electron chi connectivity index (χ3n) is 5.42. The molecule has 0 amide bonds. The second-order valence-corrected chi connectivity index (χ2v) is 8.11. The van der Waals surface area contributed by atoms with Gasteiger partial charge in [-0.25, -0.2) is 9.59 Å². The Morgan fingerprint density at radius 2 is 1.87 bits per heavy atom. The van der Waals surface area contributed by atoms with Crippen molar-refractivity contribution in [1.29, 1.82) is 0 Å². The maximum Gasteiger partial charge on any atom is 0.340 e. The van der Waals surface area contributed by atoms with Crippen LogP contribution in [0.25, 0.3) is 0 Å². The smallest absolute Gasteiger partial charge is 0.340 e. The highest BCUT2D eigenvalue weighted by Crippen LogP contribution is 2.42. The minimum absolute atomic E-state index is 0.131. The number of carbonyl (C=O) groups is 3. The number of aliphatic hydroxyl groups is 1. The molecule has 2 aliphatic rings. The molecule has 0 saturated heterocycles. The topological polar surface area (TPSA) is 108 Å². The number of methoxy groups -OCH3 is 3. The number of fused-ring (bicyclic) bond motifs is 2. The van der Waals surface area contributed by atoms with Gasteiger partial charge in [-0.1, -0.05) is 18.2 Å². The third-order valence-corrected chi connectivity index (χ3v) is 5.42. The van der Waals surface area contributed by atoms with Crippen LogP contribution in [0.2, 0.25) is 0 Å². The van der Waals surface area contributed by atoms with Crippen LogP contribution in [-0.2, 0) is 33.3 Å². The zero-order valence-corrected chi connectivity index (χ0v) is 18.6. The second-order valence-electron chi connectivity index (χ2n) is 8.11. The van der Waals surface area contributed by atoms with E-state index in [0.717, 1.165) is 5.57 Å². The van der Waals surface area contributed by atoms with Crippen molar-refractivity contribution in [3.63, 3.8) is 0 Å². The van der Waals surface area contributed by atoms with Gasteiger partial charge in [0.15, 0.2) is 0 Å². The SMILES string of the molecule is C=C(C)[C@H]1C/C=C(/C(=O)OC)CC(=O)C[C@](C)(O)/C=C2\C=C(C(=O)OC)[C@](OC)(C1)O2. The summed E-state index contributed by atoms with van der Waals surface area (Å²) < 4.78 is 21.4. The number of carbonyl (C=O) groups excluding carboxylic acids is 3. The Labute approximate surface area is 182 Å². The van der Waals surface area contributed by atoms with Gasteiger partial charge in [0.1, 0.15) is 17.1 Å². The molecule has 2 rings (SSSR count). The first-order chi connectivity index (χ1) is 14.5. The molecule has 0 aromatic carbocycles. The van der Waals surface area contributed by atoms with E-state index >= 15 is 0 Å². The van der Waals surface area contributed by atoms with Gasteiger partial charge in [-0.05, 0) is 38.3 Å². The number of rotatable bonds is 4. The van der Waals surface area contributed by atoms with E-state index in [0.29, 0.717) is 6.42 Å². The summed E-state index contributed by atoms with van der Waals surface area (Å²) in [6.07, 6.45) is 4.52.